The number of fused-ring (bicyclic) bond motifs is 4. The molecular weight excluding hydrogens is 378 g/mol. The van der Waals surface area contributed by atoms with Crippen molar-refractivity contribution in [1.82, 2.24) is 25.1 Å². The van der Waals surface area contributed by atoms with Crippen LogP contribution in [-0.2, 0) is 4.79 Å². The van der Waals surface area contributed by atoms with Crippen LogP contribution in [0.2, 0.25) is 0 Å². The molecule has 0 aliphatic carbocycles. The lowest BCUT2D eigenvalue weighted by molar-refractivity contribution is -0.117. The summed E-state index contributed by atoms with van der Waals surface area (Å²) in [6.45, 7) is 5.41. The van der Waals surface area contributed by atoms with Gasteiger partial charge in [-0.3, -0.25) is 14.7 Å². The Morgan fingerprint density at radius 2 is 2.17 bits per heavy atom. The molecule has 0 saturated carbocycles. The van der Waals surface area contributed by atoms with E-state index in [-0.39, 0.29) is 13.4 Å². The Hall–Kier alpha value is -3.86. The molecule has 0 radical (unpaired) electrons. The summed E-state index contributed by atoms with van der Waals surface area (Å²) < 4.78 is 0. The molecule has 30 heavy (non-hydrogen) atoms. The SMILES string of the molecule is C#Cc1cnccn1.CC(=O)N1c2nc(-c3cnnc(C)c3)ccc2N2CC[C@H]1C2.[HH]. The van der Waals surface area contributed by atoms with Gasteiger partial charge in [0.25, 0.3) is 0 Å². The molecule has 152 valence electrons. The third-order valence-electron chi connectivity index (χ3n) is 5.07. The van der Waals surface area contributed by atoms with Gasteiger partial charge in [0.1, 0.15) is 5.69 Å². The molecule has 0 unspecified atom stereocenters. The Morgan fingerprint density at radius 3 is 2.83 bits per heavy atom. The summed E-state index contributed by atoms with van der Waals surface area (Å²) in [6, 6.07) is 6.25. The molecule has 5 rings (SSSR count). The first-order chi connectivity index (χ1) is 14.6. The van der Waals surface area contributed by atoms with Gasteiger partial charge in [-0.25, -0.2) is 9.97 Å². The highest BCUT2D eigenvalue weighted by atomic mass is 16.2. The highest BCUT2D eigenvalue weighted by Gasteiger charge is 2.38. The highest BCUT2D eigenvalue weighted by Crippen LogP contribution is 2.39. The first-order valence-corrected chi connectivity index (χ1v) is 9.65. The van der Waals surface area contributed by atoms with Crippen LogP contribution in [0.5, 0.6) is 0 Å². The Kier molecular flexibility index (Phi) is 5.35. The number of nitrogens with zero attached hydrogens (tertiary/aromatic N) is 7. The molecule has 3 aromatic rings. The molecular formula is C22H23N7O. The van der Waals surface area contributed by atoms with Crippen molar-refractivity contribution in [3.8, 4) is 23.6 Å². The number of anilines is 2. The van der Waals surface area contributed by atoms with Crippen molar-refractivity contribution in [3.63, 3.8) is 0 Å². The summed E-state index contributed by atoms with van der Waals surface area (Å²) in [5, 5.41) is 7.97. The molecule has 1 amide bonds. The standard InChI is InChI=1S/C16H17N5O.C6H4N2.H2/c1-10-7-12(8-17-19-10)14-3-4-15-16(18-14)21(11(2)22)13-5-6-20(15)9-13;1-2-6-5-7-3-4-8-6;/h3-4,7-8,13H,5-6,9H2,1-2H3;1,3-5H;1H/t13-;;/m0../s1. The average Bonchev–Trinajstić information content (AvgIpc) is 3.18. The fraction of sp³-hybridized carbons (Fsp3) is 0.273. The van der Waals surface area contributed by atoms with Crippen molar-refractivity contribution >= 4 is 17.4 Å². The van der Waals surface area contributed by atoms with Crippen molar-refractivity contribution in [2.75, 3.05) is 22.9 Å². The zero-order chi connectivity index (χ0) is 21.1. The Bertz CT molecular complexity index is 1120. The average molecular weight is 401 g/mol. The van der Waals surface area contributed by atoms with Crippen molar-refractivity contribution in [1.29, 1.82) is 0 Å². The van der Waals surface area contributed by atoms with E-state index in [0.29, 0.717) is 5.69 Å². The minimum Gasteiger partial charge on any atom is -0.366 e. The number of hydrogen-bond donors (Lipinski definition) is 0. The van der Waals surface area contributed by atoms with Crippen LogP contribution in [0.1, 0.15) is 26.2 Å². The normalized spacial score (nSPS) is 16.2. The van der Waals surface area contributed by atoms with E-state index in [4.69, 9.17) is 11.4 Å². The van der Waals surface area contributed by atoms with Crippen LogP contribution in [0.3, 0.4) is 0 Å². The molecule has 8 nitrogen and oxygen atoms in total. The number of hydrogen-bond acceptors (Lipinski definition) is 7. The van der Waals surface area contributed by atoms with Crippen molar-refractivity contribution in [2.45, 2.75) is 26.3 Å². The fourth-order valence-corrected chi connectivity index (χ4v) is 3.76. The van der Waals surface area contributed by atoms with Gasteiger partial charge in [0.15, 0.2) is 5.82 Å². The lowest BCUT2D eigenvalue weighted by atomic mass is 10.1. The molecule has 2 bridgehead atoms. The van der Waals surface area contributed by atoms with Crippen LogP contribution in [-0.4, -0.2) is 50.2 Å². The van der Waals surface area contributed by atoms with Crippen LogP contribution in [0.25, 0.3) is 11.3 Å². The summed E-state index contributed by atoms with van der Waals surface area (Å²) >= 11 is 0. The van der Waals surface area contributed by atoms with Crippen LogP contribution >= 0.6 is 0 Å². The number of terminal acetylenes is 1. The summed E-state index contributed by atoms with van der Waals surface area (Å²) in [4.78, 5) is 28.6. The van der Waals surface area contributed by atoms with Gasteiger partial charge >= 0.3 is 0 Å². The van der Waals surface area contributed by atoms with E-state index >= 15 is 0 Å². The second kappa shape index (κ2) is 8.25. The molecule has 5 heterocycles. The molecule has 3 aromatic heterocycles. The number of pyridine rings is 1. The largest absolute Gasteiger partial charge is 0.366 e. The number of carbonyl (C=O) groups is 1. The van der Waals surface area contributed by atoms with E-state index in [1.807, 2.05) is 24.0 Å². The molecule has 2 aliphatic heterocycles. The fourth-order valence-electron chi connectivity index (χ4n) is 3.76. The molecule has 1 fully saturated rings. The number of rotatable bonds is 1. The van der Waals surface area contributed by atoms with Gasteiger partial charge in [0, 0.05) is 39.4 Å². The first kappa shape index (κ1) is 19.5. The number of aromatic nitrogens is 5. The Labute approximate surface area is 176 Å². The lowest BCUT2D eigenvalue weighted by Crippen LogP contribution is -2.45. The van der Waals surface area contributed by atoms with Crippen LogP contribution in [0.4, 0.5) is 11.5 Å². The predicted octanol–water partition coefficient (Wildman–Crippen LogP) is 2.50. The summed E-state index contributed by atoms with van der Waals surface area (Å²) in [6.07, 6.45) is 12.4. The Balaban J connectivity index is 0.000000258. The van der Waals surface area contributed by atoms with Gasteiger partial charge in [-0.15, -0.1) is 6.42 Å². The van der Waals surface area contributed by atoms with Gasteiger partial charge in [0.2, 0.25) is 5.91 Å². The van der Waals surface area contributed by atoms with Crippen molar-refractivity contribution in [2.24, 2.45) is 0 Å². The van der Waals surface area contributed by atoms with E-state index < -0.39 is 0 Å². The van der Waals surface area contributed by atoms with Gasteiger partial charge in [-0.2, -0.15) is 10.2 Å². The lowest BCUT2D eigenvalue weighted by Gasteiger charge is -2.35. The zero-order valence-electron chi connectivity index (χ0n) is 16.9. The van der Waals surface area contributed by atoms with Crippen molar-refractivity contribution in [3.05, 3.63) is 54.4 Å². The van der Waals surface area contributed by atoms with Gasteiger partial charge in [-0.05, 0) is 37.5 Å². The van der Waals surface area contributed by atoms with Crippen LogP contribution in [0.15, 0.2) is 43.0 Å². The maximum absolute atomic E-state index is 12.1. The van der Waals surface area contributed by atoms with E-state index in [9.17, 15) is 4.79 Å². The molecule has 1 saturated heterocycles. The maximum atomic E-state index is 12.1. The van der Waals surface area contributed by atoms with Crippen molar-refractivity contribution < 1.29 is 6.22 Å². The predicted molar refractivity (Wildman–Crippen MR) is 116 cm³/mol. The quantitative estimate of drug-likeness (QED) is 0.579. The van der Waals surface area contributed by atoms with Gasteiger partial charge < -0.3 is 4.90 Å². The number of amides is 1. The van der Waals surface area contributed by atoms with E-state index in [1.54, 1.807) is 31.7 Å². The summed E-state index contributed by atoms with van der Waals surface area (Å²) in [7, 11) is 0. The third kappa shape index (κ3) is 3.82. The summed E-state index contributed by atoms with van der Waals surface area (Å²) in [5.41, 5.74) is 4.22. The molecule has 0 N–H and O–H groups in total. The monoisotopic (exact) mass is 401 g/mol. The van der Waals surface area contributed by atoms with Gasteiger partial charge in [-0.1, -0.05) is 0 Å². The first-order valence-electron chi connectivity index (χ1n) is 9.65. The number of aryl methyl sites for hydroxylation is 1. The maximum Gasteiger partial charge on any atom is 0.225 e. The second-order valence-electron chi connectivity index (χ2n) is 7.14. The zero-order valence-corrected chi connectivity index (χ0v) is 16.9. The molecule has 2 aliphatic rings. The Morgan fingerprint density at radius 1 is 1.30 bits per heavy atom. The smallest absolute Gasteiger partial charge is 0.225 e. The van der Waals surface area contributed by atoms with Gasteiger partial charge in [0.05, 0.1) is 35.5 Å². The highest BCUT2D eigenvalue weighted by molar-refractivity contribution is 5.96. The topological polar surface area (TPSA) is 88.0 Å². The minimum absolute atomic E-state index is 0. The molecule has 0 spiro atoms. The molecule has 8 heteroatoms. The molecule has 0 aromatic carbocycles. The second-order valence-corrected chi connectivity index (χ2v) is 7.14. The van der Waals surface area contributed by atoms with Crippen LogP contribution < -0.4 is 9.80 Å². The van der Waals surface area contributed by atoms with Crippen LogP contribution in [0, 0.1) is 19.3 Å². The van der Waals surface area contributed by atoms with E-state index in [0.717, 1.165) is 48.0 Å². The van der Waals surface area contributed by atoms with E-state index in [2.05, 4.69) is 37.1 Å². The molecule has 1 atom stereocenters. The summed E-state index contributed by atoms with van der Waals surface area (Å²) in [5.74, 6) is 3.18. The third-order valence-corrected chi connectivity index (χ3v) is 5.07. The minimum atomic E-state index is 0. The number of carbonyl (C=O) groups excluding carboxylic acids is 1. The van der Waals surface area contributed by atoms with E-state index in [1.165, 1.54) is 0 Å².